The van der Waals surface area contributed by atoms with E-state index in [0.29, 0.717) is 25.7 Å². The SMILES string of the molecule is CC(/C=N/NC(=O)CCCCC(=O)N/N=C/C(C)=C/c1ccccc1)=C\c1ccccc1. The van der Waals surface area contributed by atoms with Crippen molar-refractivity contribution in [2.45, 2.75) is 39.5 Å². The van der Waals surface area contributed by atoms with Crippen LogP contribution >= 0.6 is 0 Å². The van der Waals surface area contributed by atoms with Gasteiger partial charge in [0, 0.05) is 12.8 Å². The molecule has 0 aliphatic rings. The van der Waals surface area contributed by atoms with Gasteiger partial charge in [0.1, 0.15) is 0 Å². The van der Waals surface area contributed by atoms with Crippen molar-refractivity contribution < 1.29 is 9.59 Å². The lowest BCUT2D eigenvalue weighted by Crippen LogP contribution is -2.19. The van der Waals surface area contributed by atoms with E-state index in [2.05, 4.69) is 21.1 Å². The molecule has 0 spiro atoms. The minimum Gasteiger partial charge on any atom is -0.273 e. The lowest BCUT2D eigenvalue weighted by atomic mass is 10.1. The van der Waals surface area contributed by atoms with Gasteiger partial charge in [0.15, 0.2) is 0 Å². The maximum absolute atomic E-state index is 11.8. The Bertz CT molecular complexity index is 896. The molecule has 0 saturated heterocycles. The highest BCUT2D eigenvalue weighted by molar-refractivity contribution is 5.87. The molecule has 2 rings (SSSR count). The van der Waals surface area contributed by atoms with Crippen molar-refractivity contribution in [3.63, 3.8) is 0 Å². The molecule has 0 saturated carbocycles. The Hall–Kier alpha value is -3.80. The number of benzene rings is 2. The summed E-state index contributed by atoms with van der Waals surface area (Å²) in [6.07, 6.45) is 9.03. The van der Waals surface area contributed by atoms with Crippen molar-refractivity contribution in [1.82, 2.24) is 10.9 Å². The molecule has 0 atom stereocenters. The van der Waals surface area contributed by atoms with Gasteiger partial charge < -0.3 is 0 Å². The number of carbonyl (C=O) groups is 2. The summed E-state index contributed by atoms with van der Waals surface area (Å²) < 4.78 is 0. The second-order valence-electron chi connectivity index (χ2n) is 7.39. The molecule has 0 bridgehead atoms. The molecule has 6 heteroatoms. The number of nitrogens with zero attached hydrogens (tertiary/aromatic N) is 2. The molecule has 2 aromatic rings. The van der Waals surface area contributed by atoms with Crippen molar-refractivity contribution >= 4 is 36.4 Å². The van der Waals surface area contributed by atoms with Crippen LogP contribution in [0.1, 0.15) is 50.7 Å². The highest BCUT2D eigenvalue weighted by Crippen LogP contribution is 2.05. The van der Waals surface area contributed by atoms with E-state index in [1.807, 2.05) is 86.7 Å². The minimum absolute atomic E-state index is 0.172. The summed E-state index contributed by atoms with van der Waals surface area (Å²) in [6, 6.07) is 19.8. The van der Waals surface area contributed by atoms with Crippen LogP contribution in [-0.4, -0.2) is 24.2 Å². The maximum Gasteiger partial charge on any atom is 0.240 e. The first-order chi connectivity index (χ1) is 15.5. The quantitative estimate of drug-likeness (QED) is 0.300. The van der Waals surface area contributed by atoms with E-state index >= 15 is 0 Å². The summed E-state index contributed by atoms with van der Waals surface area (Å²) in [5.74, 6) is -0.345. The fourth-order valence-electron chi connectivity index (χ4n) is 2.79. The smallest absolute Gasteiger partial charge is 0.240 e. The summed E-state index contributed by atoms with van der Waals surface area (Å²) in [5, 5.41) is 7.94. The third kappa shape index (κ3) is 10.8. The first kappa shape index (κ1) is 24.5. The Labute approximate surface area is 189 Å². The predicted molar refractivity (Wildman–Crippen MR) is 132 cm³/mol. The zero-order chi connectivity index (χ0) is 23.0. The third-order valence-corrected chi connectivity index (χ3v) is 4.36. The van der Waals surface area contributed by atoms with Gasteiger partial charge in [0.05, 0.1) is 12.4 Å². The van der Waals surface area contributed by atoms with Crippen molar-refractivity contribution in [1.29, 1.82) is 0 Å². The van der Waals surface area contributed by atoms with Crippen LogP contribution in [0.15, 0.2) is 82.0 Å². The molecule has 0 fully saturated rings. The summed E-state index contributed by atoms with van der Waals surface area (Å²) in [6.45, 7) is 3.84. The Balaban J connectivity index is 1.59. The molecule has 32 heavy (non-hydrogen) atoms. The van der Waals surface area contributed by atoms with Gasteiger partial charge in [-0.25, -0.2) is 10.9 Å². The Morgan fingerprint density at radius 3 is 1.44 bits per heavy atom. The van der Waals surface area contributed by atoms with Crippen LogP contribution in [0, 0.1) is 0 Å². The average Bonchev–Trinajstić information content (AvgIpc) is 2.78. The van der Waals surface area contributed by atoms with Crippen molar-refractivity contribution in [3.05, 3.63) is 82.9 Å². The molecule has 0 heterocycles. The van der Waals surface area contributed by atoms with Crippen LogP contribution in [0.25, 0.3) is 12.2 Å². The predicted octanol–water partition coefficient (Wildman–Crippen LogP) is 4.96. The topological polar surface area (TPSA) is 82.9 Å². The van der Waals surface area contributed by atoms with Crippen LogP contribution in [0.3, 0.4) is 0 Å². The molecular weight excluding hydrogens is 400 g/mol. The fourth-order valence-corrected chi connectivity index (χ4v) is 2.79. The standard InChI is InChI=1S/C26H30N4O2/c1-21(17-23-11-5-3-6-12-23)19-27-29-25(31)15-9-10-16-26(32)30-28-20-22(2)18-24-13-7-4-8-14-24/h3-8,11-14,17-20H,9-10,15-16H2,1-2H3,(H,29,31)(H,30,32)/b21-17+,22-18+,27-19+,28-20+. The molecule has 0 unspecified atom stereocenters. The van der Waals surface area contributed by atoms with E-state index in [-0.39, 0.29) is 11.8 Å². The van der Waals surface area contributed by atoms with Gasteiger partial charge in [-0.05, 0) is 49.0 Å². The monoisotopic (exact) mass is 430 g/mol. The normalized spacial score (nSPS) is 12.3. The van der Waals surface area contributed by atoms with Crippen LogP contribution in [0.4, 0.5) is 0 Å². The lowest BCUT2D eigenvalue weighted by Gasteiger charge is -2.01. The van der Waals surface area contributed by atoms with Crippen LogP contribution in [0.5, 0.6) is 0 Å². The fraction of sp³-hybridized carbons (Fsp3) is 0.231. The first-order valence-corrected chi connectivity index (χ1v) is 10.6. The van der Waals surface area contributed by atoms with E-state index in [4.69, 9.17) is 0 Å². The van der Waals surface area contributed by atoms with E-state index in [1.165, 1.54) is 0 Å². The highest BCUT2D eigenvalue weighted by atomic mass is 16.2. The van der Waals surface area contributed by atoms with Crippen LogP contribution in [0.2, 0.25) is 0 Å². The summed E-state index contributed by atoms with van der Waals surface area (Å²) in [5.41, 5.74) is 9.05. The van der Waals surface area contributed by atoms with Crippen LogP contribution < -0.4 is 10.9 Å². The minimum atomic E-state index is -0.172. The summed E-state index contributed by atoms with van der Waals surface area (Å²) in [4.78, 5) is 23.7. The second kappa shape index (κ2) is 14.2. The first-order valence-electron chi connectivity index (χ1n) is 10.6. The third-order valence-electron chi connectivity index (χ3n) is 4.36. The number of hydrazone groups is 2. The molecule has 2 amide bonds. The van der Waals surface area contributed by atoms with Gasteiger partial charge >= 0.3 is 0 Å². The number of hydrogen-bond acceptors (Lipinski definition) is 4. The lowest BCUT2D eigenvalue weighted by molar-refractivity contribution is -0.123. The van der Waals surface area contributed by atoms with Gasteiger partial charge in [0.25, 0.3) is 0 Å². The summed E-state index contributed by atoms with van der Waals surface area (Å²) >= 11 is 0. The van der Waals surface area contributed by atoms with Crippen molar-refractivity contribution in [2.24, 2.45) is 10.2 Å². The number of amides is 2. The molecule has 0 aliphatic carbocycles. The van der Waals surface area contributed by atoms with E-state index in [9.17, 15) is 9.59 Å². The van der Waals surface area contributed by atoms with Crippen LogP contribution in [-0.2, 0) is 9.59 Å². The number of unbranched alkanes of at least 4 members (excludes halogenated alkanes) is 1. The Morgan fingerprint density at radius 2 is 1.06 bits per heavy atom. The molecule has 0 aliphatic heterocycles. The molecule has 0 aromatic heterocycles. The van der Waals surface area contributed by atoms with E-state index < -0.39 is 0 Å². The zero-order valence-corrected chi connectivity index (χ0v) is 18.6. The van der Waals surface area contributed by atoms with Gasteiger partial charge in [-0.1, -0.05) is 72.8 Å². The van der Waals surface area contributed by atoms with Crippen molar-refractivity contribution in [2.75, 3.05) is 0 Å². The summed E-state index contributed by atoms with van der Waals surface area (Å²) in [7, 11) is 0. The zero-order valence-electron chi connectivity index (χ0n) is 18.6. The van der Waals surface area contributed by atoms with Gasteiger partial charge in [0.2, 0.25) is 11.8 Å². The average molecular weight is 431 g/mol. The Kier molecular flexibility index (Phi) is 10.9. The molecule has 0 radical (unpaired) electrons. The van der Waals surface area contributed by atoms with E-state index in [1.54, 1.807) is 12.4 Å². The largest absolute Gasteiger partial charge is 0.273 e. The van der Waals surface area contributed by atoms with Gasteiger partial charge in [-0.15, -0.1) is 0 Å². The molecule has 166 valence electrons. The highest BCUT2D eigenvalue weighted by Gasteiger charge is 2.03. The Morgan fingerprint density at radius 1 is 0.688 bits per heavy atom. The van der Waals surface area contributed by atoms with Gasteiger partial charge in [-0.2, -0.15) is 10.2 Å². The number of nitrogens with one attached hydrogen (secondary N) is 2. The van der Waals surface area contributed by atoms with Gasteiger partial charge in [-0.3, -0.25) is 9.59 Å². The number of hydrogen-bond donors (Lipinski definition) is 2. The van der Waals surface area contributed by atoms with Crippen molar-refractivity contribution in [3.8, 4) is 0 Å². The number of allylic oxidation sites excluding steroid dienone is 2. The number of rotatable bonds is 11. The number of carbonyl (C=O) groups excluding carboxylic acids is 2. The molecule has 6 nitrogen and oxygen atoms in total. The molecular formula is C26H30N4O2. The maximum atomic E-state index is 11.8. The molecule has 2 N–H and O–H groups in total. The second-order valence-corrected chi connectivity index (χ2v) is 7.39. The van der Waals surface area contributed by atoms with E-state index in [0.717, 1.165) is 22.3 Å². The molecule has 2 aromatic carbocycles.